The van der Waals surface area contributed by atoms with Crippen molar-refractivity contribution in [3.8, 4) is 0 Å². The summed E-state index contributed by atoms with van der Waals surface area (Å²) in [6.45, 7) is 8.81. The Bertz CT molecular complexity index is 225. The van der Waals surface area contributed by atoms with Crippen molar-refractivity contribution in [2.75, 3.05) is 26.3 Å². The number of rotatable bonds is 9. The third-order valence-corrected chi connectivity index (χ3v) is 3.68. The highest BCUT2D eigenvalue weighted by atomic mass is 16.5. The first-order valence-corrected chi connectivity index (χ1v) is 7.73. The van der Waals surface area contributed by atoms with Crippen LogP contribution in [0, 0.1) is 5.92 Å². The molecule has 19 heavy (non-hydrogen) atoms. The predicted octanol–water partition coefficient (Wildman–Crippen LogP) is 1.96. The first-order valence-electron chi connectivity index (χ1n) is 7.73. The molecular formula is C15H31NO3. The van der Waals surface area contributed by atoms with Crippen molar-refractivity contribution in [2.45, 2.75) is 64.8 Å². The number of aliphatic hydroxyl groups is 1. The molecule has 4 nitrogen and oxygen atoms in total. The van der Waals surface area contributed by atoms with Crippen LogP contribution in [0.5, 0.6) is 0 Å². The van der Waals surface area contributed by atoms with Crippen molar-refractivity contribution in [2.24, 2.45) is 5.92 Å². The molecule has 0 spiro atoms. The summed E-state index contributed by atoms with van der Waals surface area (Å²) in [4.78, 5) is 0. The van der Waals surface area contributed by atoms with Crippen molar-refractivity contribution in [1.82, 2.24) is 5.32 Å². The van der Waals surface area contributed by atoms with Gasteiger partial charge < -0.3 is 19.9 Å². The Morgan fingerprint density at radius 3 is 2.79 bits per heavy atom. The van der Waals surface area contributed by atoms with Gasteiger partial charge in [0, 0.05) is 19.7 Å². The Labute approximate surface area is 117 Å². The van der Waals surface area contributed by atoms with Crippen LogP contribution in [0.1, 0.15) is 46.5 Å². The molecule has 1 aliphatic carbocycles. The van der Waals surface area contributed by atoms with E-state index in [9.17, 15) is 5.11 Å². The Morgan fingerprint density at radius 2 is 2.11 bits per heavy atom. The van der Waals surface area contributed by atoms with E-state index >= 15 is 0 Å². The van der Waals surface area contributed by atoms with Crippen LogP contribution in [0.25, 0.3) is 0 Å². The van der Waals surface area contributed by atoms with Gasteiger partial charge in [-0.25, -0.2) is 0 Å². The molecule has 1 saturated carbocycles. The topological polar surface area (TPSA) is 50.7 Å². The van der Waals surface area contributed by atoms with E-state index in [4.69, 9.17) is 9.47 Å². The molecule has 0 radical (unpaired) electrons. The summed E-state index contributed by atoms with van der Waals surface area (Å²) >= 11 is 0. The molecule has 2 N–H and O–H groups in total. The molecule has 1 aliphatic rings. The maximum Gasteiger partial charge on any atom is 0.0897 e. The third kappa shape index (κ3) is 7.88. The van der Waals surface area contributed by atoms with E-state index in [0.717, 1.165) is 31.9 Å². The standard InChI is InChI=1S/C15H31NO3/c1-4-18-13(3)9-16-10-14(17)11-19-15-7-5-6-12(2)8-15/h12-17H,4-11H2,1-3H3. The quantitative estimate of drug-likeness (QED) is 0.674. The monoisotopic (exact) mass is 273 g/mol. The van der Waals surface area contributed by atoms with E-state index in [1.807, 2.05) is 13.8 Å². The number of nitrogens with one attached hydrogen (secondary N) is 1. The molecule has 0 aromatic carbocycles. The summed E-state index contributed by atoms with van der Waals surface area (Å²) < 4.78 is 11.2. The average Bonchev–Trinajstić information content (AvgIpc) is 2.37. The minimum Gasteiger partial charge on any atom is -0.389 e. The van der Waals surface area contributed by atoms with Gasteiger partial charge in [-0.15, -0.1) is 0 Å². The zero-order valence-corrected chi connectivity index (χ0v) is 12.7. The molecule has 114 valence electrons. The molecule has 4 heteroatoms. The van der Waals surface area contributed by atoms with Crippen molar-refractivity contribution < 1.29 is 14.6 Å². The molecule has 0 bridgehead atoms. The maximum absolute atomic E-state index is 9.86. The minimum absolute atomic E-state index is 0.192. The fraction of sp³-hybridized carbons (Fsp3) is 1.00. The lowest BCUT2D eigenvalue weighted by Crippen LogP contribution is -2.36. The molecule has 1 rings (SSSR count). The van der Waals surface area contributed by atoms with Crippen molar-refractivity contribution in [3.63, 3.8) is 0 Å². The summed E-state index contributed by atoms with van der Waals surface area (Å²) in [5.74, 6) is 0.765. The van der Waals surface area contributed by atoms with Crippen LogP contribution in [-0.2, 0) is 9.47 Å². The second kappa shape index (κ2) is 9.70. The third-order valence-electron chi connectivity index (χ3n) is 3.68. The molecule has 4 atom stereocenters. The van der Waals surface area contributed by atoms with Crippen LogP contribution >= 0.6 is 0 Å². The Kier molecular flexibility index (Phi) is 8.62. The largest absolute Gasteiger partial charge is 0.389 e. The highest BCUT2D eigenvalue weighted by Gasteiger charge is 2.20. The highest BCUT2D eigenvalue weighted by Crippen LogP contribution is 2.25. The molecule has 0 aliphatic heterocycles. The summed E-state index contributed by atoms with van der Waals surface area (Å²) in [6, 6.07) is 0. The second-order valence-electron chi connectivity index (χ2n) is 5.81. The van der Waals surface area contributed by atoms with Crippen molar-refractivity contribution >= 4 is 0 Å². The fourth-order valence-electron chi connectivity index (χ4n) is 2.63. The number of aliphatic hydroxyl groups excluding tert-OH is 1. The van der Waals surface area contributed by atoms with E-state index in [-0.39, 0.29) is 6.10 Å². The summed E-state index contributed by atoms with van der Waals surface area (Å²) in [5, 5.41) is 13.1. The Balaban J connectivity index is 2.02. The van der Waals surface area contributed by atoms with Crippen molar-refractivity contribution in [3.05, 3.63) is 0 Å². The van der Waals surface area contributed by atoms with Crippen molar-refractivity contribution in [1.29, 1.82) is 0 Å². The van der Waals surface area contributed by atoms with Gasteiger partial charge in [0.25, 0.3) is 0 Å². The predicted molar refractivity (Wildman–Crippen MR) is 77.3 cm³/mol. The smallest absolute Gasteiger partial charge is 0.0897 e. The minimum atomic E-state index is -0.425. The molecule has 1 fully saturated rings. The molecule has 0 heterocycles. The Hall–Kier alpha value is -0.160. The first-order chi connectivity index (χ1) is 9.11. The van der Waals surface area contributed by atoms with Crippen LogP contribution in [0.3, 0.4) is 0 Å². The zero-order valence-electron chi connectivity index (χ0n) is 12.7. The van der Waals surface area contributed by atoms with Crippen LogP contribution in [0.4, 0.5) is 0 Å². The van der Waals surface area contributed by atoms with E-state index in [1.54, 1.807) is 0 Å². The summed E-state index contributed by atoms with van der Waals surface area (Å²) in [6.07, 6.45) is 4.97. The molecule has 0 amide bonds. The van der Waals surface area contributed by atoms with E-state index in [2.05, 4.69) is 12.2 Å². The van der Waals surface area contributed by atoms with Gasteiger partial charge in [-0.05, 0) is 32.6 Å². The van der Waals surface area contributed by atoms with Gasteiger partial charge in [0.15, 0.2) is 0 Å². The van der Waals surface area contributed by atoms with Crippen LogP contribution < -0.4 is 5.32 Å². The zero-order chi connectivity index (χ0) is 14.1. The van der Waals surface area contributed by atoms with E-state index in [1.165, 1.54) is 12.8 Å². The lowest BCUT2D eigenvalue weighted by Gasteiger charge is -2.27. The lowest BCUT2D eigenvalue weighted by molar-refractivity contribution is -0.0314. The van der Waals surface area contributed by atoms with Crippen LogP contribution in [0.2, 0.25) is 0 Å². The highest BCUT2D eigenvalue weighted by molar-refractivity contribution is 4.71. The first kappa shape index (κ1) is 16.9. The number of hydrogen-bond acceptors (Lipinski definition) is 4. The molecule has 0 aromatic heterocycles. The number of hydrogen-bond donors (Lipinski definition) is 2. The summed E-state index contributed by atoms with van der Waals surface area (Å²) in [5.41, 5.74) is 0. The SMILES string of the molecule is CCOC(C)CNCC(O)COC1CCCC(C)C1. The van der Waals surface area contributed by atoms with E-state index < -0.39 is 6.10 Å². The van der Waals surface area contributed by atoms with Gasteiger partial charge in [-0.1, -0.05) is 19.8 Å². The summed E-state index contributed by atoms with van der Waals surface area (Å²) in [7, 11) is 0. The van der Waals surface area contributed by atoms with E-state index in [0.29, 0.717) is 19.3 Å². The molecule has 4 unspecified atom stereocenters. The average molecular weight is 273 g/mol. The second-order valence-corrected chi connectivity index (χ2v) is 5.81. The fourth-order valence-corrected chi connectivity index (χ4v) is 2.63. The van der Waals surface area contributed by atoms with Gasteiger partial charge in [-0.3, -0.25) is 0 Å². The molecular weight excluding hydrogens is 242 g/mol. The van der Waals surface area contributed by atoms with Gasteiger partial charge in [0.05, 0.1) is 24.9 Å². The maximum atomic E-state index is 9.86. The van der Waals surface area contributed by atoms with Gasteiger partial charge in [0.1, 0.15) is 0 Å². The van der Waals surface area contributed by atoms with Gasteiger partial charge in [-0.2, -0.15) is 0 Å². The van der Waals surface area contributed by atoms with Crippen LogP contribution in [0.15, 0.2) is 0 Å². The lowest BCUT2D eigenvalue weighted by atomic mass is 9.89. The normalized spacial score (nSPS) is 27.2. The van der Waals surface area contributed by atoms with Gasteiger partial charge >= 0.3 is 0 Å². The number of ether oxygens (including phenoxy) is 2. The molecule has 0 saturated heterocycles. The van der Waals surface area contributed by atoms with Crippen LogP contribution in [-0.4, -0.2) is 49.7 Å². The molecule has 0 aromatic rings. The Morgan fingerprint density at radius 1 is 1.32 bits per heavy atom. The van der Waals surface area contributed by atoms with Gasteiger partial charge in [0.2, 0.25) is 0 Å².